The molecule has 0 fully saturated rings. The van der Waals surface area contributed by atoms with Gasteiger partial charge in [-0.25, -0.2) is 4.98 Å². The molecule has 0 aliphatic carbocycles. The molecule has 0 radical (unpaired) electrons. The average molecular weight is 330 g/mol. The van der Waals surface area contributed by atoms with Crippen LogP contribution in [-0.2, 0) is 19.5 Å². The number of nitro benzene ring substituents is 1. The zero-order valence-corrected chi connectivity index (χ0v) is 13.5. The summed E-state index contributed by atoms with van der Waals surface area (Å²) in [5.74, 6) is 1.10. The fourth-order valence-electron chi connectivity index (χ4n) is 2.97. The van der Waals surface area contributed by atoms with Crippen molar-refractivity contribution in [2.75, 3.05) is 13.7 Å². The van der Waals surface area contributed by atoms with Crippen LogP contribution in [0.4, 0.5) is 5.69 Å². The lowest BCUT2D eigenvalue weighted by atomic mass is 10.1. The van der Waals surface area contributed by atoms with E-state index in [0.717, 1.165) is 23.4 Å². The Hall–Kier alpha value is -2.74. The van der Waals surface area contributed by atoms with Gasteiger partial charge in [0.2, 0.25) is 0 Å². The fourth-order valence-corrected chi connectivity index (χ4v) is 2.97. The summed E-state index contributed by atoms with van der Waals surface area (Å²) >= 11 is 0. The summed E-state index contributed by atoms with van der Waals surface area (Å²) in [5.41, 5.74) is 2.34. The highest BCUT2D eigenvalue weighted by atomic mass is 16.6. The van der Waals surface area contributed by atoms with Crippen LogP contribution in [0.2, 0.25) is 0 Å². The highest BCUT2D eigenvalue weighted by Gasteiger charge is 2.22. The molecule has 0 unspecified atom stereocenters. The normalized spacial score (nSPS) is 14.2. The van der Waals surface area contributed by atoms with Crippen LogP contribution in [0.3, 0.4) is 0 Å². The second kappa shape index (κ2) is 6.40. The van der Waals surface area contributed by atoms with Gasteiger partial charge < -0.3 is 9.72 Å². The van der Waals surface area contributed by atoms with E-state index in [9.17, 15) is 14.9 Å². The van der Waals surface area contributed by atoms with Gasteiger partial charge in [-0.1, -0.05) is 0 Å². The first-order valence-electron chi connectivity index (χ1n) is 7.60. The number of nitrogens with zero attached hydrogens (tertiary/aromatic N) is 3. The molecule has 0 spiro atoms. The van der Waals surface area contributed by atoms with Crippen molar-refractivity contribution < 1.29 is 9.66 Å². The Balaban J connectivity index is 1.82. The zero-order chi connectivity index (χ0) is 17.3. The van der Waals surface area contributed by atoms with Crippen molar-refractivity contribution in [2.45, 2.75) is 26.4 Å². The molecule has 0 saturated heterocycles. The highest BCUT2D eigenvalue weighted by Crippen LogP contribution is 2.27. The number of non-ortho nitro benzene ring substituents is 1. The van der Waals surface area contributed by atoms with E-state index in [1.54, 1.807) is 13.0 Å². The van der Waals surface area contributed by atoms with Crippen LogP contribution in [0.25, 0.3) is 0 Å². The van der Waals surface area contributed by atoms with Crippen LogP contribution in [0, 0.1) is 17.0 Å². The molecule has 3 rings (SSSR count). The molecule has 0 amide bonds. The number of benzene rings is 1. The molecule has 24 heavy (non-hydrogen) atoms. The number of fused-ring (bicyclic) bond motifs is 1. The summed E-state index contributed by atoms with van der Waals surface area (Å²) in [7, 11) is 1.50. The van der Waals surface area contributed by atoms with Crippen LogP contribution in [-0.4, -0.2) is 33.4 Å². The molecule has 1 N–H and O–H groups in total. The molecule has 0 bridgehead atoms. The van der Waals surface area contributed by atoms with Gasteiger partial charge in [0.05, 0.1) is 23.8 Å². The molecule has 8 nitrogen and oxygen atoms in total. The van der Waals surface area contributed by atoms with Crippen molar-refractivity contribution >= 4 is 5.69 Å². The lowest BCUT2D eigenvalue weighted by Crippen LogP contribution is -2.35. The number of nitro groups is 1. The van der Waals surface area contributed by atoms with Gasteiger partial charge in [0.15, 0.2) is 0 Å². The van der Waals surface area contributed by atoms with Crippen LogP contribution < -0.4 is 10.3 Å². The number of rotatable bonds is 4. The molecule has 0 atom stereocenters. The third-order valence-electron chi connectivity index (χ3n) is 4.15. The molecule has 1 aliphatic rings. The minimum Gasteiger partial charge on any atom is -0.496 e. The molecule has 1 aromatic heterocycles. The van der Waals surface area contributed by atoms with Gasteiger partial charge in [-0.15, -0.1) is 0 Å². The Morgan fingerprint density at radius 2 is 2.25 bits per heavy atom. The molecule has 1 aromatic carbocycles. The third kappa shape index (κ3) is 3.13. The Labute approximate surface area is 138 Å². The lowest BCUT2D eigenvalue weighted by Gasteiger charge is -2.28. The summed E-state index contributed by atoms with van der Waals surface area (Å²) < 4.78 is 5.28. The van der Waals surface area contributed by atoms with E-state index < -0.39 is 4.92 Å². The van der Waals surface area contributed by atoms with Gasteiger partial charge >= 0.3 is 0 Å². The van der Waals surface area contributed by atoms with E-state index in [4.69, 9.17) is 4.74 Å². The smallest absolute Gasteiger partial charge is 0.273 e. The second-order valence-electron chi connectivity index (χ2n) is 5.79. The van der Waals surface area contributed by atoms with E-state index in [1.165, 1.54) is 19.2 Å². The largest absolute Gasteiger partial charge is 0.496 e. The number of methoxy groups -OCH3 is 1. The maximum atomic E-state index is 12.0. The van der Waals surface area contributed by atoms with Gasteiger partial charge in [0, 0.05) is 36.8 Å². The summed E-state index contributed by atoms with van der Waals surface area (Å²) in [6, 6.07) is 4.62. The third-order valence-corrected chi connectivity index (χ3v) is 4.15. The number of aromatic nitrogens is 2. The quantitative estimate of drug-likeness (QED) is 0.674. The van der Waals surface area contributed by atoms with Gasteiger partial charge in [0.25, 0.3) is 11.2 Å². The number of hydrogen-bond donors (Lipinski definition) is 1. The highest BCUT2D eigenvalue weighted by molar-refractivity contribution is 5.44. The molecule has 126 valence electrons. The summed E-state index contributed by atoms with van der Waals surface area (Å²) in [6.45, 7) is 3.63. The van der Waals surface area contributed by atoms with E-state index >= 15 is 0 Å². The maximum Gasteiger partial charge on any atom is 0.273 e. The van der Waals surface area contributed by atoms with Crippen molar-refractivity contribution in [1.82, 2.24) is 14.9 Å². The summed E-state index contributed by atoms with van der Waals surface area (Å²) in [5, 5.41) is 10.9. The van der Waals surface area contributed by atoms with E-state index in [-0.39, 0.29) is 11.2 Å². The lowest BCUT2D eigenvalue weighted by molar-refractivity contribution is -0.384. The number of nitrogens with one attached hydrogen (secondary N) is 1. The standard InChI is InChI=1S/C16H18N4O4/c1-10-17-14-9-19(6-5-13(14)16(21)18-10)8-11-3-4-12(20(22)23)7-15(11)24-2/h3-4,7H,5-6,8-9H2,1-2H3,(H,17,18,21). The number of aryl methyl sites for hydroxylation is 1. The molecule has 0 saturated carbocycles. The Kier molecular flexibility index (Phi) is 4.30. The van der Waals surface area contributed by atoms with Crippen molar-refractivity contribution in [3.63, 3.8) is 0 Å². The first-order valence-corrected chi connectivity index (χ1v) is 7.60. The average Bonchev–Trinajstić information content (AvgIpc) is 2.54. The molecule has 1 aliphatic heterocycles. The molecule has 2 heterocycles. The van der Waals surface area contributed by atoms with Crippen LogP contribution in [0.15, 0.2) is 23.0 Å². The van der Waals surface area contributed by atoms with Gasteiger partial charge in [-0.3, -0.25) is 19.8 Å². The predicted molar refractivity (Wildman–Crippen MR) is 87.1 cm³/mol. The Bertz CT molecular complexity index is 846. The van der Waals surface area contributed by atoms with Crippen LogP contribution >= 0.6 is 0 Å². The van der Waals surface area contributed by atoms with Crippen LogP contribution in [0.5, 0.6) is 5.75 Å². The van der Waals surface area contributed by atoms with Crippen LogP contribution in [0.1, 0.15) is 22.6 Å². The fraction of sp³-hybridized carbons (Fsp3) is 0.375. The number of aromatic amines is 1. The van der Waals surface area contributed by atoms with E-state index in [1.807, 2.05) is 0 Å². The predicted octanol–water partition coefficient (Wildman–Crippen LogP) is 1.55. The Morgan fingerprint density at radius 1 is 1.46 bits per heavy atom. The van der Waals surface area contributed by atoms with Gasteiger partial charge in [0.1, 0.15) is 11.6 Å². The van der Waals surface area contributed by atoms with E-state index in [0.29, 0.717) is 31.1 Å². The molecule has 2 aromatic rings. The van der Waals surface area contributed by atoms with Crippen molar-refractivity contribution in [2.24, 2.45) is 0 Å². The molecular formula is C16H18N4O4. The van der Waals surface area contributed by atoms with Gasteiger partial charge in [-0.2, -0.15) is 0 Å². The minimum absolute atomic E-state index is 0.00316. The molecule has 8 heteroatoms. The maximum absolute atomic E-state index is 12.0. The SMILES string of the molecule is COc1cc([N+](=O)[O-])ccc1CN1CCc2c(nc(C)[nH]c2=O)C1. The first kappa shape index (κ1) is 16.1. The summed E-state index contributed by atoms with van der Waals surface area (Å²) in [6.07, 6.45) is 0.632. The summed E-state index contributed by atoms with van der Waals surface area (Å²) in [4.78, 5) is 31.7. The first-order chi connectivity index (χ1) is 11.5. The monoisotopic (exact) mass is 330 g/mol. The number of H-pyrrole nitrogens is 1. The zero-order valence-electron chi connectivity index (χ0n) is 13.5. The van der Waals surface area contributed by atoms with Crippen molar-refractivity contribution in [3.05, 3.63) is 61.3 Å². The number of ether oxygens (including phenoxy) is 1. The van der Waals surface area contributed by atoms with Crippen molar-refractivity contribution in [3.8, 4) is 5.75 Å². The second-order valence-corrected chi connectivity index (χ2v) is 5.79. The Morgan fingerprint density at radius 3 is 2.96 bits per heavy atom. The van der Waals surface area contributed by atoms with E-state index in [2.05, 4.69) is 14.9 Å². The topological polar surface area (TPSA) is 101 Å². The minimum atomic E-state index is -0.442. The molecular weight excluding hydrogens is 312 g/mol. The van der Waals surface area contributed by atoms with Crippen molar-refractivity contribution in [1.29, 1.82) is 0 Å². The van der Waals surface area contributed by atoms with Gasteiger partial charge in [-0.05, 0) is 19.4 Å². The number of hydrogen-bond acceptors (Lipinski definition) is 6.